The molecule has 0 unspecified atom stereocenters. The van der Waals surface area contributed by atoms with E-state index >= 15 is 0 Å². The highest BCUT2D eigenvalue weighted by atomic mass is 32.2. The van der Waals surface area contributed by atoms with Gasteiger partial charge in [0.05, 0.1) is 0 Å². The van der Waals surface area contributed by atoms with E-state index in [1.807, 2.05) is 5.38 Å². The second-order valence-corrected chi connectivity index (χ2v) is 7.83. The van der Waals surface area contributed by atoms with Gasteiger partial charge in [-0.15, -0.1) is 11.3 Å². The molecule has 0 aromatic carbocycles. The van der Waals surface area contributed by atoms with Crippen molar-refractivity contribution in [3.63, 3.8) is 0 Å². The minimum atomic E-state index is -3.46. The summed E-state index contributed by atoms with van der Waals surface area (Å²) in [5, 5.41) is 8.87. The zero-order valence-corrected chi connectivity index (χ0v) is 12.9. The molecule has 0 bridgehead atoms. The van der Waals surface area contributed by atoms with Gasteiger partial charge in [-0.1, -0.05) is 5.16 Å². The fourth-order valence-corrected chi connectivity index (χ4v) is 4.09. The molecule has 0 radical (unpaired) electrons. The average molecular weight is 328 g/mol. The minimum Gasteiger partial charge on any atom is -0.343 e. The summed E-state index contributed by atoms with van der Waals surface area (Å²) in [7, 11) is -3.46. The molecule has 2 aromatic heterocycles. The number of hydrogen-bond acceptors (Lipinski definition) is 7. The number of sulfonamides is 1. The molecule has 1 fully saturated rings. The first-order valence-corrected chi connectivity index (χ1v) is 9.05. The highest BCUT2D eigenvalue weighted by Gasteiger charge is 2.21. The first-order chi connectivity index (χ1) is 10.1. The zero-order valence-electron chi connectivity index (χ0n) is 11.3. The molecule has 3 rings (SSSR count). The summed E-state index contributed by atoms with van der Waals surface area (Å²) in [4.78, 5) is 3.84. The molecule has 0 saturated heterocycles. The first-order valence-electron chi connectivity index (χ1n) is 6.69. The van der Waals surface area contributed by atoms with Crippen LogP contribution >= 0.6 is 11.3 Å². The van der Waals surface area contributed by atoms with E-state index in [-0.39, 0.29) is 6.54 Å². The van der Waals surface area contributed by atoms with Gasteiger partial charge in [0.25, 0.3) is 0 Å². The maximum Gasteiger partial charge on any atom is 0.250 e. The van der Waals surface area contributed by atoms with E-state index in [4.69, 9.17) is 0 Å². The molecule has 2 heterocycles. The summed E-state index contributed by atoms with van der Waals surface area (Å²) in [6, 6.07) is 2.33. The summed E-state index contributed by atoms with van der Waals surface area (Å²) >= 11 is 1.24. The van der Waals surface area contributed by atoms with Crippen LogP contribution in [0.15, 0.2) is 26.6 Å². The number of thiophene rings is 1. The van der Waals surface area contributed by atoms with Crippen molar-refractivity contribution in [2.75, 3.05) is 6.54 Å². The Bertz CT molecular complexity index is 677. The van der Waals surface area contributed by atoms with E-state index in [0.717, 1.165) is 12.1 Å². The van der Waals surface area contributed by atoms with Crippen molar-refractivity contribution in [2.24, 2.45) is 0 Å². The lowest BCUT2D eigenvalue weighted by molar-refractivity contribution is 0.410. The van der Waals surface area contributed by atoms with E-state index in [1.165, 1.54) is 30.6 Å². The quantitative estimate of drug-likeness (QED) is 0.747. The summed E-state index contributed by atoms with van der Waals surface area (Å²) < 4.78 is 31.8. The van der Waals surface area contributed by atoms with E-state index in [1.54, 1.807) is 6.07 Å². The van der Waals surface area contributed by atoms with Gasteiger partial charge >= 0.3 is 0 Å². The number of nitrogens with zero attached hydrogens (tertiary/aromatic N) is 2. The first kappa shape index (κ1) is 14.6. The number of aromatic nitrogens is 2. The number of hydrogen-bond donors (Lipinski definition) is 2. The van der Waals surface area contributed by atoms with Crippen LogP contribution in [-0.2, 0) is 23.0 Å². The summed E-state index contributed by atoms with van der Waals surface area (Å²) in [5.74, 6) is 0.484. The molecule has 0 atom stereocenters. The summed E-state index contributed by atoms with van der Waals surface area (Å²) in [6.45, 7) is 0.967. The molecule has 1 aliphatic carbocycles. The Kier molecular flexibility index (Phi) is 4.34. The highest BCUT2D eigenvalue weighted by molar-refractivity contribution is 7.91. The molecule has 0 spiro atoms. The molecule has 2 N–H and O–H groups in total. The minimum absolute atomic E-state index is 0.245. The van der Waals surface area contributed by atoms with Gasteiger partial charge < -0.3 is 9.84 Å². The van der Waals surface area contributed by atoms with Gasteiger partial charge in [0, 0.05) is 25.6 Å². The number of rotatable bonds is 8. The van der Waals surface area contributed by atoms with E-state index in [2.05, 4.69) is 24.7 Å². The van der Waals surface area contributed by atoms with Crippen LogP contribution in [0.25, 0.3) is 0 Å². The van der Waals surface area contributed by atoms with Crippen molar-refractivity contribution < 1.29 is 12.9 Å². The fraction of sp³-hybridized carbons (Fsp3) is 0.500. The van der Waals surface area contributed by atoms with Crippen LogP contribution < -0.4 is 10.0 Å². The van der Waals surface area contributed by atoms with Crippen molar-refractivity contribution in [3.05, 3.63) is 29.2 Å². The predicted octanol–water partition coefficient (Wildman–Crippen LogP) is 0.904. The van der Waals surface area contributed by atoms with Gasteiger partial charge in [-0.3, -0.25) is 0 Å². The average Bonchev–Trinajstić information content (AvgIpc) is 2.93. The molecular formula is C12H16N4O3S2. The van der Waals surface area contributed by atoms with Crippen LogP contribution in [0.2, 0.25) is 0 Å². The van der Waals surface area contributed by atoms with Crippen molar-refractivity contribution in [2.45, 2.75) is 36.1 Å². The molecule has 9 heteroatoms. The maximum atomic E-state index is 12.1. The van der Waals surface area contributed by atoms with Gasteiger partial charge in [-0.05, 0) is 29.9 Å². The third-order valence-corrected chi connectivity index (χ3v) is 6.06. The molecule has 0 aliphatic heterocycles. The van der Waals surface area contributed by atoms with Crippen molar-refractivity contribution in [1.29, 1.82) is 0 Å². The van der Waals surface area contributed by atoms with Crippen LogP contribution in [0, 0.1) is 0 Å². The lowest BCUT2D eigenvalue weighted by atomic mass is 10.3. The Morgan fingerprint density at radius 2 is 2.29 bits per heavy atom. The Labute approximate surface area is 126 Å². The molecule has 1 aliphatic rings. The topological polar surface area (TPSA) is 97.1 Å². The third-order valence-electron chi connectivity index (χ3n) is 3.11. The third kappa shape index (κ3) is 4.10. The van der Waals surface area contributed by atoms with Crippen LogP contribution in [0.1, 0.15) is 24.2 Å². The zero-order chi connectivity index (χ0) is 14.7. The lowest BCUT2D eigenvalue weighted by Gasteiger charge is -2.02. The Balaban J connectivity index is 1.53. The van der Waals surface area contributed by atoms with Crippen molar-refractivity contribution in [1.82, 2.24) is 20.2 Å². The van der Waals surface area contributed by atoms with Crippen molar-refractivity contribution in [3.8, 4) is 0 Å². The van der Waals surface area contributed by atoms with Crippen LogP contribution in [0.3, 0.4) is 0 Å². The largest absolute Gasteiger partial charge is 0.343 e. The summed E-state index contributed by atoms with van der Waals surface area (Å²) in [5.41, 5.74) is 1.01. The van der Waals surface area contributed by atoms with E-state index < -0.39 is 10.0 Å². The number of nitrogens with one attached hydrogen (secondary N) is 2. The maximum absolute atomic E-state index is 12.1. The fourth-order valence-electron chi connectivity index (χ4n) is 1.81. The molecule has 114 valence electrons. The van der Waals surface area contributed by atoms with E-state index in [0.29, 0.717) is 22.5 Å². The summed E-state index contributed by atoms with van der Waals surface area (Å²) in [6.07, 6.45) is 4.05. The Hall–Kier alpha value is -1.29. The Morgan fingerprint density at radius 3 is 3.00 bits per heavy atom. The molecule has 21 heavy (non-hydrogen) atoms. The molecule has 0 amide bonds. The normalized spacial score (nSPS) is 15.4. The van der Waals surface area contributed by atoms with Crippen LogP contribution in [0.5, 0.6) is 0 Å². The van der Waals surface area contributed by atoms with Gasteiger partial charge in [0.2, 0.25) is 16.4 Å². The standard InChI is InChI=1S/C12H16N4O3S2/c17-21(18,15-4-3-11-14-8-19-16-11)12-5-9(7-20-12)6-13-10-1-2-10/h5,7-8,10,13,15H,1-4,6H2. The lowest BCUT2D eigenvalue weighted by Crippen LogP contribution is -2.25. The van der Waals surface area contributed by atoms with Crippen LogP contribution in [0.4, 0.5) is 0 Å². The Morgan fingerprint density at radius 1 is 1.43 bits per heavy atom. The predicted molar refractivity (Wildman–Crippen MR) is 77.4 cm³/mol. The van der Waals surface area contributed by atoms with Crippen molar-refractivity contribution >= 4 is 21.4 Å². The van der Waals surface area contributed by atoms with Crippen LogP contribution in [-0.4, -0.2) is 31.1 Å². The van der Waals surface area contributed by atoms with Gasteiger partial charge in [-0.25, -0.2) is 13.1 Å². The molecular weight excluding hydrogens is 312 g/mol. The monoisotopic (exact) mass is 328 g/mol. The smallest absolute Gasteiger partial charge is 0.250 e. The van der Waals surface area contributed by atoms with Gasteiger partial charge in [0.1, 0.15) is 4.21 Å². The molecule has 2 aromatic rings. The molecule has 1 saturated carbocycles. The van der Waals surface area contributed by atoms with Gasteiger partial charge in [0.15, 0.2) is 5.82 Å². The second-order valence-electron chi connectivity index (χ2n) is 4.92. The SMILES string of the molecule is O=S(=O)(NCCc1ncon1)c1cc(CNC2CC2)cs1. The van der Waals surface area contributed by atoms with E-state index in [9.17, 15) is 8.42 Å². The second kappa shape index (κ2) is 6.22. The molecule has 7 nitrogen and oxygen atoms in total. The highest BCUT2D eigenvalue weighted by Crippen LogP contribution is 2.22. The van der Waals surface area contributed by atoms with Gasteiger partial charge in [-0.2, -0.15) is 4.98 Å².